The minimum absolute atomic E-state index is 0.0347. The molecule has 1 aliphatic heterocycles. The topological polar surface area (TPSA) is 33.2 Å². The highest BCUT2D eigenvalue weighted by molar-refractivity contribution is 8.23. The molecule has 0 unspecified atom stereocenters. The second kappa shape index (κ2) is 4.06. The van der Waals surface area contributed by atoms with Gasteiger partial charge < -0.3 is 0 Å². The number of thioether (sulfide) groups is 1. The molecule has 1 aliphatic rings. The highest BCUT2D eigenvalue weighted by Crippen LogP contribution is 2.23. The Kier molecular flexibility index (Phi) is 2.79. The fourth-order valence-corrected chi connectivity index (χ4v) is 2.43. The molecule has 1 fully saturated rings. The van der Waals surface area contributed by atoms with Crippen molar-refractivity contribution in [3.8, 4) is 0 Å². The van der Waals surface area contributed by atoms with Gasteiger partial charge in [-0.2, -0.15) is 0 Å². The fraction of sp³-hybridized carbons (Fsp3) is 0.222. The van der Waals surface area contributed by atoms with Crippen LogP contribution in [0.4, 0.5) is 5.82 Å². The maximum atomic E-state index is 11.6. The average molecular weight is 224 g/mol. The molecule has 2 rings (SSSR count). The molecular formula is C9H8N2OS2. The Morgan fingerprint density at radius 3 is 3.00 bits per heavy atom. The molecule has 0 bridgehead atoms. The lowest BCUT2D eigenvalue weighted by Crippen LogP contribution is -2.38. The van der Waals surface area contributed by atoms with Crippen LogP contribution in [0.2, 0.25) is 0 Å². The van der Waals surface area contributed by atoms with Crippen molar-refractivity contribution >= 4 is 40.0 Å². The van der Waals surface area contributed by atoms with E-state index < -0.39 is 0 Å². The van der Waals surface area contributed by atoms with Crippen molar-refractivity contribution in [2.45, 2.75) is 6.42 Å². The van der Waals surface area contributed by atoms with E-state index in [9.17, 15) is 4.79 Å². The van der Waals surface area contributed by atoms with Crippen LogP contribution in [0.5, 0.6) is 0 Å². The molecule has 0 radical (unpaired) electrons. The Morgan fingerprint density at radius 2 is 2.36 bits per heavy atom. The van der Waals surface area contributed by atoms with Crippen LogP contribution < -0.4 is 4.90 Å². The summed E-state index contributed by atoms with van der Waals surface area (Å²) in [6, 6.07) is 5.45. The number of thiocarbonyl (C=S) groups is 1. The molecule has 0 aliphatic carbocycles. The van der Waals surface area contributed by atoms with Crippen molar-refractivity contribution in [3.63, 3.8) is 0 Å². The van der Waals surface area contributed by atoms with Gasteiger partial charge in [-0.3, -0.25) is 4.79 Å². The first-order valence-corrected chi connectivity index (χ1v) is 5.59. The second-order valence-electron chi connectivity index (χ2n) is 2.78. The van der Waals surface area contributed by atoms with E-state index in [2.05, 4.69) is 4.98 Å². The molecule has 0 N–H and O–H groups in total. The van der Waals surface area contributed by atoms with Crippen LogP contribution in [0, 0.1) is 0 Å². The molecule has 1 amide bonds. The van der Waals surface area contributed by atoms with E-state index in [1.807, 2.05) is 12.1 Å². The Hall–Kier alpha value is -0.940. The van der Waals surface area contributed by atoms with E-state index in [-0.39, 0.29) is 5.91 Å². The van der Waals surface area contributed by atoms with Crippen LogP contribution in [0.3, 0.4) is 0 Å². The zero-order valence-corrected chi connectivity index (χ0v) is 8.98. The standard InChI is InChI=1S/C9H8N2OS2/c12-8-4-6-14-9(13)11(8)7-3-1-2-5-10-7/h1-3,5H,4,6H2. The first-order chi connectivity index (χ1) is 6.79. The summed E-state index contributed by atoms with van der Waals surface area (Å²) in [5, 5.41) is 0. The summed E-state index contributed by atoms with van der Waals surface area (Å²) in [5.74, 6) is 1.43. The molecule has 1 aromatic rings. The van der Waals surface area contributed by atoms with E-state index in [1.165, 1.54) is 16.7 Å². The molecule has 1 saturated heterocycles. The number of pyridine rings is 1. The average Bonchev–Trinajstić information content (AvgIpc) is 2.19. The monoisotopic (exact) mass is 224 g/mol. The lowest BCUT2D eigenvalue weighted by Gasteiger charge is -2.25. The smallest absolute Gasteiger partial charge is 0.234 e. The molecule has 1 aromatic heterocycles. The van der Waals surface area contributed by atoms with Gasteiger partial charge in [0.05, 0.1) is 0 Å². The maximum Gasteiger partial charge on any atom is 0.234 e. The molecule has 0 aromatic carbocycles. The van der Waals surface area contributed by atoms with E-state index in [0.717, 1.165) is 5.75 Å². The zero-order valence-electron chi connectivity index (χ0n) is 7.34. The van der Waals surface area contributed by atoms with Gasteiger partial charge in [0.25, 0.3) is 0 Å². The number of aromatic nitrogens is 1. The molecule has 0 atom stereocenters. The van der Waals surface area contributed by atoms with Gasteiger partial charge in [-0.15, -0.1) is 0 Å². The third-order valence-electron chi connectivity index (χ3n) is 1.85. The molecular weight excluding hydrogens is 216 g/mol. The summed E-state index contributed by atoms with van der Waals surface area (Å²) in [6.07, 6.45) is 2.19. The predicted octanol–water partition coefficient (Wildman–Crippen LogP) is 1.84. The van der Waals surface area contributed by atoms with Crippen LogP contribution in [0.1, 0.15) is 6.42 Å². The molecule has 5 heteroatoms. The van der Waals surface area contributed by atoms with Gasteiger partial charge in [0.15, 0.2) is 0 Å². The van der Waals surface area contributed by atoms with Gasteiger partial charge in [-0.25, -0.2) is 9.88 Å². The van der Waals surface area contributed by atoms with Crippen LogP contribution in [0.25, 0.3) is 0 Å². The molecule has 3 nitrogen and oxygen atoms in total. The number of carbonyl (C=O) groups excluding carboxylic acids is 1. The number of rotatable bonds is 1. The minimum Gasteiger partial charge on any atom is -0.274 e. The van der Waals surface area contributed by atoms with Crippen molar-refractivity contribution < 1.29 is 4.79 Å². The van der Waals surface area contributed by atoms with Crippen LogP contribution >= 0.6 is 24.0 Å². The third-order valence-corrected chi connectivity index (χ3v) is 3.23. The molecule has 14 heavy (non-hydrogen) atoms. The van der Waals surface area contributed by atoms with Gasteiger partial charge in [0.2, 0.25) is 5.91 Å². The van der Waals surface area contributed by atoms with Crippen molar-refractivity contribution in [2.75, 3.05) is 10.7 Å². The highest BCUT2D eigenvalue weighted by atomic mass is 32.2. The van der Waals surface area contributed by atoms with E-state index in [0.29, 0.717) is 16.6 Å². The molecule has 2 heterocycles. The van der Waals surface area contributed by atoms with Gasteiger partial charge in [-0.1, -0.05) is 30.0 Å². The Balaban J connectivity index is 2.32. The number of nitrogens with zero attached hydrogens (tertiary/aromatic N) is 2. The zero-order chi connectivity index (χ0) is 9.97. The summed E-state index contributed by atoms with van der Waals surface area (Å²) >= 11 is 6.64. The third kappa shape index (κ3) is 1.78. The van der Waals surface area contributed by atoms with Gasteiger partial charge in [0.1, 0.15) is 10.1 Å². The van der Waals surface area contributed by atoms with Gasteiger partial charge in [-0.05, 0) is 12.1 Å². The van der Waals surface area contributed by atoms with Crippen molar-refractivity contribution in [3.05, 3.63) is 24.4 Å². The van der Waals surface area contributed by atoms with E-state index >= 15 is 0 Å². The van der Waals surface area contributed by atoms with Crippen molar-refractivity contribution in [2.24, 2.45) is 0 Å². The van der Waals surface area contributed by atoms with E-state index in [1.54, 1.807) is 12.3 Å². The molecule has 0 saturated carbocycles. The number of amides is 1. The summed E-state index contributed by atoms with van der Waals surface area (Å²) in [6.45, 7) is 0. The first-order valence-electron chi connectivity index (χ1n) is 4.20. The van der Waals surface area contributed by atoms with E-state index in [4.69, 9.17) is 12.2 Å². The molecule has 0 spiro atoms. The second-order valence-corrected chi connectivity index (χ2v) is 4.51. The number of hydrogen-bond donors (Lipinski definition) is 0. The summed E-state index contributed by atoms with van der Waals surface area (Å²) < 4.78 is 0.597. The number of anilines is 1. The maximum absolute atomic E-state index is 11.6. The van der Waals surface area contributed by atoms with Gasteiger partial charge >= 0.3 is 0 Å². The lowest BCUT2D eigenvalue weighted by molar-refractivity contribution is -0.117. The Bertz CT molecular complexity index is 350. The fourth-order valence-electron chi connectivity index (χ4n) is 1.21. The van der Waals surface area contributed by atoms with Crippen LogP contribution in [-0.4, -0.2) is 21.0 Å². The van der Waals surface area contributed by atoms with Crippen LogP contribution in [0.15, 0.2) is 24.4 Å². The minimum atomic E-state index is 0.0347. The van der Waals surface area contributed by atoms with Crippen molar-refractivity contribution in [1.29, 1.82) is 0 Å². The summed E-state index contributed by atoms with van der Waals surface area (Å²) in [5.41, 5.74) is 0. The summed E-state index contributed by atoms with van der Waals surface area (Å²) in [4.78, 5) is 17.2. The summed E-state index contributed by atoms with van der Waals surface area (Å²) in [7, 11) is 0. The molecule has 72 valence electrons. The SMILES string of the molecule is O=C1CCSC(=S)N1c1ccccn1. The lowest BCUT2D eigenvalue weighted by atomic mass is 10.3. The largest absolute Gasteiger partial charge is 0.274 e. The van der Waals surface area contributed by atoms with Crippen molar-refractivity contribution in [1.82, 2.24) is 4.98 Å². The number of hydrogen-bond acceptors (Lipinski definition) is 4. The Morgan fingerprint density at radius 1 is 1.50 bits per heavy atom. The Labute approximate surface area is 91.5 Å². The van der Waals surface area contributed by atoms with Crippen LogP contribution in [-0.2, 0) is 4.79 Å². The predicted molar refractivity (Wildman–Crippen MR) is 61.4 cm³/mol. The quantitative estimate of drug-likeness (QED) is 0.681. The number of carbonyl (C=O) groups is 1. The first kappa shape index (κ1) is 9.61. The highest BCUT2D eigenvalue weighted by Gasteiger charge is 2.25. The normalized spacial score (nSPS) is 17.3. The van der Waals surface area contributed by atoms with Gasteiger partial charge in [0, 0.05) is 18.4 Å².